The van der Waals surface area contributed by atoms with E-state index in [9.17, 15) is 4.57 Å². The first-order valence-electron chi connectivity index (χ1n) is 5.93. The largest absolute Gasteiger partial charge is 1.00 e. The van der Waals surface area contributed by atoms with Crippen molar-refractivity contribution in [2.75, 3.05) is 19.8 Å². The van der Waals surface area contributed by atoms with E-state index in [1.165, 1.54) is 0 Å². The Hall–Kier alpha value is 1.03. The van der Waals surface area contributed by atoms with Crippen LogP contribution in [0.3, 0.4) is 0 Å². The van der Waals surface area contributed by atoms with Crippen LogP contribution in [0.25, 0.3) is 0 Å². The molecule has 106 valence electrons. The zero-order valence-electron chi connectivity index (χ0n) is 12.5. The molecule has 0 aliphatic carbocycles. The number of hydrogen-bond acceptors (Lipinski definition) is 4. The zero-order chi connectivity index (χ0) is 13.1. The van der Waals surface area contributed by atoms with Crippen molar-refractivity contribution in [3.8, 4) is 0 Å². The number of phosphoric acid groups is 1. The van der Waals surface area contributed by atoms with Crippen LogP contribution in [0.2, 0.25) is 0 Å². The molecule has 0 bridgehead atoms. The van der Waals surface area contributed by atoms with E-state index in [1.54, 1.807) is 0 Å². The number of phosphoric ester groups is 1. The predicted molar refractivity (Wildman–Crippen MR) is 64.6 cm³/mol. The van der Waals surface area contributed by atoms with Crippen molar-refractivity contribution < 1.29 is 59.3 Å². The molecule has 0 aromatic rings. The van der Waals surface area contributed by atoms with Gasteiger partial charge in [0.1, 0.15) is 6.61 Å². The maximum absolute atomic E-state index is 10.6. The van der Waals surface area contributed by atoms with Crippen molar-refractivity contribution in [1.29, 1.82) is 0 Å². The molecule has 0 aromatic carbocycles. The van der Waals surface area contributed by atoms with Gasteiger partial charge in [-0.1, -0.05) is 26.7 Å². The van der Waals surface area contributed by atoms with Gasteiger partial charge in [-0.15, -0.1) is 0 Å². The Kier molecular flexibility index (Phi) is 15.4. The molecular formula is C10H24NaO6P. The third kappa shape index (κ3) is 15.1. The number of unbranched alkanes of at least 4 members (excludes halogenated alkanes) is 2. The molecule has 8 heteroatoms. The fraction of sp³-hybridized carbons (Fsp3) is 1.00. The molecule has 0 amide bonds. The van der Waals surface area contributed by atoms with Crippen LogP contribution in [0.15, 0.2) is 0 Å². The first kappa shape index (κ1) is 21.3. The molecule has 6 nitrogen and oxygen atoms in total. The molecule has 0 saturated heterocycles. The molecule has 0 saturated carbocycles. The van der Waals surface area contributed by atoms with Crippen molar-refractivity contribution >= 4 is 7.82 Å². The van der Waals surface area contributed by atoms with Gasteiger partial charge in [0, 0.05) is 13.2 Å². The topological polar surface area (TPSA) is 85.2 Å². The van der Waals surface area contributed by atoms with Crippen LogP contribution in [0, 0.1) is 0 Å². The summed E-state index contributed by atoms with van der Waals surface area (Å²) in [5, 5.41) is 0. The monoisotopic (exact) mass is 294 g/mol. The van der Waals surface area contributed by atoms with Crippen LogP contribution in [0.5, 0.6) is 0 Å². The third-order valence-electron chi connectivity index (χ3n) is 1.98. The number of rotatable bonds is 11. The fourth-order valence-electron chi connectivity index (χ4n) is 1.02. The molecule has 0 atom stereocenters. The van der Waals surface area contributed by atoms with Crippen molar-refractivity contribution in [1.82, 2.24) is 0 Å². The molecular weight excluding hydrogens is 270 g/mol. The normalized spacial score (nSPS) is 11.6. The molecule has 0 aromatic heterocycles. The van der Waals surface area contributed by atoms with Crippen LogP contribution in [-0.4, -0.2) is 35.9 Å². The summed E-state index contributed by atoms with van der Waals surface area (Å²) >= 11 is 0. The molecule has 0 fully saturated rings. The molecule has 0 rings (SSSR count). The molecule has 18 heavy (non-hydrogen) atoms. The van der Waals surface area contributed by atoms with E-state index in [0.29, 0.717) is 13.2 Å². The summed E-state index contributed by atoms with van der Waals surface area (Å²) in [5.41, 5.74) is 0. The van der Waals surface area contributed by atoms with Crippen LogP contribution in [0.4, 0.5) is 0 Å². The first-order chi connectivity index (χ1) is 7.99. The summed E-state index contributed by atoms with van der Waals surface area (Å²) in [6, 6.07) is 0. The van der Waals surface area contributed by atoms with Crippen LogP contribution < -0.4 is 29.6 Å². The Labute approximate surface area is 132 Å². The van der Waals surface area contributed by atoms with Crippen molar-refractivity contribution in [3.05, 3.63) is 0 Å². The predicted octanol–water partition coefficient (Wildman–Crippen LogP) is -0.828. The summed E-state index contributed by atoms with van der Waals surface area (Å²) in [6.45, 7) is 4.80. The molecule has 0 radical (unpaired) electrons. The smallest absolute Gasteiger partial charge is 1.00 e. The van der Waals surface area contributed by atoms with E-state index in [-0.39, 0.29) is 37.6 Å². The van der Waals surface area contributed by atoms with Crippen molar-refractivity contribution in [2.24, 2.45) is 0 Å². The van der Waals surface area contributed by atoms with Gasteiger partial charge >= 0.3 is 37.4 Å². The van der Waals surface area contributed by atoms with Gasteiger partial charge in [0.25, 0.3) is 0 Å². The second-order valence-electron chi connectivity index (χ2n) is 3.66. The van der Waals surface area contributed by atoms with E-state index in [0.717, 1.165) is 25.7 Å². The number of ether oxygens (including phenoxy) is 2. The second-order valence-corrected chi connectivity index (χ2v) is 4.90. The SMILES string of the molecule is CCCCOC(COP(=O)(O)O)OCCCC.[H-].[Na+]. The average molecular weight is 294 g/mol. The van der Waals surface area contributed by atoms with E-state index >= 15 is 0 Å². The zero-order valence-corrected chi connectivity index (χ0v) is 14.4. The quantitative estimate of drug-likeness (QED) is 0.224. The molecule has 0 spiro atoms. The maximum atomic E-state index is 10.6. The minimum Gasteiger partial charge on any atom is -1.00 e. The number of hydrogen-bond donors (Lipinski definition) is 2. The summed E-state index contributed by atoms with van der Waals surface area (Å²) in [4.78, 5) is 17.2. The Balaban J connectivity index is -0.00000128. The van der Waals surface area contributed by atoms with E-state index in [4.69, 9.17) is 19.3 Å². The molecule has 0 aliphatic rings. The Morgan fingerprint density at radius 2 is 1.56 bits per heavy atom. The molecule has 0 heterocycles. The Morgan fingerprint density at radius 3 is 1.89 bits per heavy atom. The minimum absolute atomic E-state index is 0. The standard InChI is InChI=1S/C10H23O6P.Na.H/c1-3-5-7-14-10(15-8-6-4-2)9-16-17(11,12)13;;/h10H,3-9H2,1-2H3,(H2,11,12,13);;/q;+1;-1. The van der Waals surface area contributed by atoms with E-state index in [2.05, 4.69) is 4.52 Å². The van der Waals surface area contributed by atoms with E-state index < -0.39 is 14.1 Å². The fourth-order valence-corrected chi connectivity index (χ4v) is 1.34. The maximum Gasteiger partial charge on any atom is 1.00 e. The van der Waals surface area contributed by atoms with Crippen molar-refractivity contribution in [2.45, 2.75) is 45.8 Å². The van der Waals surface area contributed by atoms with Gasteiger partial charge in [-0.25, -0.2) is 4.57 Å². The van der Waals surface area contributed by atoms with Crippen LogP contribution >= 0.6 is 7.82 Å². The minimum atomic E-state index is -4.46. The van der Waals surface area contributed by atoms with Gasteiger partial charge in [-0.2, -0.15) is 0 Å². The second kappa shape index (κ2) is 13.0. The van der Waals surface area contributed by atoms with Crippen LogP contribution in [-0.2, 0) is 18.6 Å². The Bertz CT molecular complexity index is 218. The van der Waals surface area contributed by atoms with Crippen LogP contribution in [0.1, 0.15) is 41.0 Å². The van der Waals surface area contributed by atoms with Gasteiger partial charge in [-0.05, 0) is 12.8 Å². The van der Waals surface area contributed by atoms with Crippen molar-refractivity contribution in [3.63, 3.8) is 0 Å². The van der Waals surface area contributed by atoms with E-state index in [1.807, 2.05) is 13.8 Å². The average Bonchev–Trinajstić information content (AvgIpc) is 2.24. The molecule has 0 aliphatic heterocycles. The summed E-state index contributed by atoms with van der Waals surface area (Å²) < 4.78 is 25.6. The first-order valence-corrected chi connectivity index (χ1v) is 7.46. The van der Waals surface area contributed by atoms with Gasteiger partial charge < -0.3 is 20.7 Å². The third-order valence-corrected chi connectivity index (χ3v) is 2.47. The summed E-state index contributed by atoms with van der Waals surface area (Å²) in [5.74, 6) is 0. The Morgan fingerprint density at radius 1 is 1.11 bits per heavy atom. The molecule has 0 unspecified atom stereocenters. The van der Waals surface area contributed by atoms with Gasteiger partial charge in [0.05, 0.1) is 0 Å². The molecule has 2 N–H and O–H groups in total. The summed E-state index contributed by atoms with van der Waals surface area (Å²) in [7, 11) is -4.46. The van der Waals surface area contributed by atoms with Gasteiger partial charge in [0.15, 0.2) is 6.29 Å². The summed E-state index contributed by atoms with van der Waals surface area (Å²) in [6.07, 6.45) is 3.02. The van der Waals surface area contributed by atoms with Gasteiger partial charge in [-0.3, -0.25) is 4.52 Å². The van der Waals surface area contributed by atoms with Gasteiger partial charge in [0.2, 0.25) is 0 Å².